The number of fused-ring (bicyclic) bond motifs is 1. The summed E-state index contributed by atoms with van der Waals surface area (Å²) in [5.74, 6) is 0.217. The number of carbonyl (C=O) groups is 1. The van der Waals surface area contributed by atoms with E-state index in [-0.39, 0.29) is 11.8 Å². The molecule has 26 heavy (non-hydrogen) atoms. The summed E-state index contributed by atoms with van der Waals surface area (Å²) in [6, 6.07) is 28.5. The van der Waals surface area contributed by atoms with Crippen molar-refractivity contribution >= 4 is 5.78 Å². The molecule has 0 radical (unpaired) electrons. The number of hydrogen-bond acceptors (Lipinski definition) is 2. The van der Waals surface area contributed by atoms with E-state index >= 15 is 0 Å². The van der Waals surface area contributed by atoms with Crippen molar-refractivity contribution in [3.05, 3.63) is 107 Å². The molecule has 0 saturated heterocycles. The van der Waals surface area contributed by atoms with Crippen LogP contribution in [0.4, 0.5) is 0 Å². The SMILES string of the molecule is O=C(c1ccccc1)C(Cc1ccccc1)N1CCc2ccccc2C1. The van der Waals surface area contributed by atoms with Crippen molar-refractivity contribution in [2.24, 2.45) is 0 Å². The Morgan fingerprint density at radius 1 is 0.808 bits per heavy atom. The lowest BCUT2D eigenvalue weighted by molar-refractivity contribution is 0.0795. The van der Waals surface area contributed by atoms with E-state index in [2.05, 4.69) is 41.3 Å². The van der Waals surface area contributed by atoms with Gasteiger partial charge in [0.25, 0.3) is 0 Å². The maximum atomic E-state index is 13.3. The quantitative estimate of drug-likeness (QED) is 0.635. The molecule has 0 aromatic heterocycles. The van der Waals surface area contributed by atoms with Gasteiger partial charge in [-0.15, -0.1) is 0 Å². The first-order valence-corrected chi connectivity index (χ1v) is 9.25. The van der Waals surface area contributed by atoms with Crippen LogP contribution in [-0.4, -0.2) is 23.3 Å². The number of benzene rings is 3. The van der Waals surface area contributed by atoms with E-state index in [1.54, 1.807) is 0 Å². The van der Waals surface area contributed by atoms with Crippen molar-refractivity contribution in [1.82, 2.24) is 4.90 Å². The van der Waals surface area contributed by atoms with Crippen LogP contribution in [0.3, 0.4) is 0 Å². The normalized spacial score (nSPS) is 15.2. The first-order chi connectivity index (χ1) is 12.8. The van der Waals surface area contributed by atoms with Gasteiger partial charge in [-0.2, -0.15) is 0 Å². The van der Waals surface area contributed by atoms with Crippen LogP contribution in [0.25, 0.3) is 0 Å². The summed E-state index contributed by atoms with van der Waals surface area (Å²) in [4.78, 5) is 15.7. The van der Waals surface area contributed by atoms with Crippen LogP contribution in [0.5, 0.6) is 0 Å². The van der Waals surface area contributed by atoms with Gasteiger partial charge in [0.2, 0.25) is 0 Å². The molecule has 3 aromatic carbocycles. The van der Waals surface area contributed by atoms with E-state index in [0.717, 1.165) is 31.5 Å². The fourth-order valence-electron chi connectivity index (χ4n) is 3.80. The summed E-state index contributed by atoms with van der Waals surface area (Å²) >= 11 is 0. The predicted molar refractivity (Wildman–Crippen MR) is 105 cm³/mol. The van der Waals surface area contributed by atoms with Gasteiger partial charge >= 0.3 is 0 Å². The summed E-state index contributed by atoms with van der Waals surface area (Å²) in [6.45, 7) is 1.76. The second kappa shape index (κ2) is 7.67. The van der Waals surface area contributed by atoms with Gasteiger partial charge < -0.3 is 0 Å². The summed E-state index contributed by atoms with van der Waals surface area (Å²) < 4.78 is 0. The Morgan fingerprint density at radius 2 is 1.42 bits per heavy atom. The zero-order valence-corrected chi connectivity index (χ0v) is 14.8. The molecule has 1 aliphatic heterocycles. The van der Waals surface area contributed by atoms with Crippen LogP contribution in [0.2, 0.25) is 0 Å². The third kappa shape index (κ3) is 3.61. The van der Waals surface area contributed by atoms with Crippen molar-refractivity contribution in [3.8, 4) is 0 Å². The summed E-state index contributed by atoms with van der Waals surface area (Å²) in [6.07, 6.45) is 1.75. The van der Waals surface area contributed by atoms with Crippen LogP contribution in [-0.2, 0) is 19.4 Å². The standard InChI is InChI=1S/C24H23NO/c26-24(21-12-5-2-6-13-21)23(17-19-9-3-1-4-10-19)25-16-15-20-11-7-8-14-22(20)18-25/h1-14,23H,15-18H2. The smallest absolute Gasteiger partial charge is 0.180 e. The lowest BCUT2D eigenvalue weighted by Gasteiger charge is -2.35. The van der Waals surface area contributed by atoms with Gasteiger partial charge in [-0.05, 0) is 29.5 Å². The van der Waals surface area contributed by atoms with Crippen molar-refractivity contribution in [2.75, 3.05) is 6.54 Å². The van der Waals surface area contributed by atoms with Gasteiger partial charge in [0.1, 0.15) is 0 Å². The molecule has 1 atom stereocenters. The lowest BCUT2D eigenvalue weighted by Crippen LogP contribution is -2.45. The minimum atomic E-state index is -0.131. The number of nitrogens with zero attached hydrogens (tertiary/aromatic N) is 1. The monoisotopic (exact) mass is 341 g/mol. The fraction of sp³-hybridized carbons (Fsp3) is 0.208. The maximum absolute atomic E-state index is 13.3. The number of hydrogen-bond donors (Lipinski definition) is 0. The molecule has 0 fully saturated rings. The first-order valence-electron chi connectivity index (χ1n) is 9.25. The maximum Gasteiger partial charge on any atom is 0.180 e. The van der Waals surface area contributed by atoms with Crippen molar-refractivity contribution < 1.29 is 4.79 Å². The van der Waals surface area contributed by atoms with Crippen molar-refractivity contribution in [3.63, 3.8) is 0 Å². The Morgan fingerprint density at radius 3 is 2.15 bits per heavy atom. The van der Waals surface area contributed by atoms with Gasteiger partial charge in [-0.25, -0.2) is 0 Å². The van der Waals surface area contributed by atoms with Crippen LogP contribution in [0.1, 0.15) is 27.0 Å². The third-order valence-electron chi connectivity index (χ3n) is 5.23. The number of Topliss-reactive ketones (excluding diaryl/α,β-unsaturated/α-hetero) is 1. The van der Waals surface area contributed by atoms with E-state index in [1.807, 2.05) is 48.5 Å². The molecule has 0 saturated carbocycles. The molecular formula is C24H23NO. The van der Waals surface area contributed by atoms with Crippen LogP contribution < -0.4 is 0 Å². The minimum Gasteiger partial charge on any atom is -0.292 e. The highest BCUT2D eigenvalue weighted by molar-refractivity contribution is 6.00. The van der Waals surface area contributed by atoms with E-state index in [9.17, 15) is 4.79 Å². The Kier molecular flexibility index (Phi) is 4.94. The highest BCUT2D eigenvalue weighted by atomic mass is 16.1. The number of rotatable bonds is 5. The largest absolute Gasteiger partial charge is 0.292 e. The topological polar surface area (TPSA) is 20.3 Å². The van der Waals surface area contributed by atoms with Gasteiger partial charge in [-0.3, -0.25) is 9.69 Å². The van der Waals surface area contributed by atoms with E-state index < -0.39 is 0 Å². The molecule has 1 unspecified atom stereocenters. The van der Waals surface area contributed by atoms with Crippen molar-refractivity contribution in [2.45, 2.75) is 25.4 Å². The fourth-order valence-corrected chi connectivity index (χ4v) is 3.80. The van der Waals surface area contributed by atoms with Gasteiger partial charge in [0, 0.05) is 18.7 Å². The molecule has 1 aliphatic rings. The van der Waals surface area contributed by atoms with E-state index in [0.29, 0.717) is 0 Å². The van der Waals surface area contributed by atoms with E-state index in [1.165, 1.54) is 16.7 Å². The Balaban J connectivity index is 1.63. The second-order valence-electron chi connectivity index (χ2n) is 6.92. The molecule has 0 spiro atoms. The lowest BCUT2D eigenvalue weighted by atomic mass is 9.92. The van der Waals surface area contributed by atoms with Crippen LogP contribution >= 0.6 is 0 Å². The predicted octanol–water partition coefficient (Wildman–Crippen LogP) is 4.54. The summed E-state index contributed by atoms with van der Waals surface area (Å²) in [7, 11) is 0. The molecule has 130 valence electrons. The number of ketones is 1. The number of carbonyl (C=O) groups excluding carboxylic acids is 1. The highest BCUT2D eigenvalue weighted by Crippen LogP contribution is 2.24. The van der Waals surface area contributed by atoms with Gasteiger partial charge in [0.05, 0.1) is 6.04 Å². The zero-order chi connectivity index (χ0) is 17.8. The minimum absolute atomic E-state index is 0.131. The average Bonchev–Trinajstić information content (AvgIpc) is 2.72. The van der Waals surface area contributed by atoms with E-state index in [4.69, 9.17) is 0 Å². The molecule has 2 heteroatoms. The van der Waals surface area contributed by atoms with Crippen LogP contribution in [0.15, 0.2) is 84.9 Å². The third-order valence-corrected chi connectivity index (χ3v) is 5.23. The Labute approximate surface area is 155 Å². The average molecular weight is 341 g/mol. The summed E-state index contributed by atoms with van der Waals surface area (Å²) in [5.41, 5.74) is 4.76. The Bertz CT molecular complexity index is 873. The highest BCUT2D eigenvalue weighted by Gasteiger charge is 2.29. The molecule has 0 bridgehead atoms. The summed E-state index contributed by atoms with van der Waals surface area (Å²) in [5, 5.41) is 0. The van der Waals surface area contributed by atoms with Crippen molar-refractivity contribution in [1.29, 1.82) is 0 Å². The molecule has 0 amide bonds. The second-order valence-corrected chi connectivity index (χ2v) is 6.92. The first kappa shape index (κ1) is 16.7. The van der Waals surface area contributed by atoms with Gasteiger partial charge in [0.15, 0.2) is 5.78 Å². The molecule has 4 rings (SSSR count). The molecular weight excluding hydrogens is 318 g/mol. The van der Waals surface area contributed by atoms with Crippen LogP contribution in [0, 0.1) is 0 Å². The molecule has 1 heterocycles. The van der Waals surface area contributed by atoms with Gasteiger partial charge in [-0.1, -0.05) is 84.9 Å². The zero-order valence-electron chi connectivity index (χ0n) is 14.8. The molecule has 3 aromatic rings. The Hall–Kier alpha value is -2.71. The molecule has 0 N–H and O–H groups in total. The molecule has 2 nitrogen and oxygen atoms in total. The molecule has 0 aliphatic carbocycles.